The van der Waals surface area contributed by atoms with Crippen LogP contribution in [0.15, 0.2) is 39.8 Å². The Morgan fingerprint density at radius 3 is 2.61 bits per heavy atom. The van der Waals surface area contributed by atoms with Gasteiger partial charge < -0.3 is 5.32 Å². The van der Waals surface area contributed by atoms with Crippen LogP contribution in [0.4, 0.5) is 0 Å². The van der Waals surface area contributed by atoms with Gasteiger partial charge >= 0.3 is 0 Å². The van der Waals surface area contributed by atoms with Gasteiger partial charge in [0.05, 0.1) is 0 Å². The van der Waals surface area contributed by atoms with E-state index < -0.39 is 0 Å². The average Bonchev–Trinajstić information content (AvgIpc) is 2.40. The van der Waals surface area contributed by atoms with Gasteiger partial charge in [0.25, 0.3) is 0 Å². The van der Waals surface area contributed by atoms with E-state index in [-0.39, 0.29) is 0 Å². The summed E-state index contributed by atoms with van der Waals surface area (Å²) in [5, 5.41) is 3.40. The number of hydrogen-bond acceptors (Lipinski definition) is 2. The first kappa shape index (κ1) is 14.3. The van der Waals surface area contributed by atoms with Crippen molar-refractivity contribution in [3.63, 3.8) is 0 Å². The van der Waals surface area contributed by atoms with Crippen molar-refractivity contribution < 1.29 is 0 Å². The molecule has 98 valence electrons. The molecule has 0 unspecified atom stereocenters. The highest BCUT2D eigenvalue weighted by Crippen LogP contribution is 2.31. The van der Waals surface area contributed by atoms with Crippen molar-refractivity contribution >= 4 is 31.9 Å². The van der Waals surface area contributed by atoms with Gasteiger partial charge in [-0.2, -0.15) is 0 Å². The van der Waals surface area contributed by atoms with Crippen LogP contribution in [-0.4, -0.2) is 31.1 Å². The maximum absolute atomic E-state index is 3.90. The van der Waals surface area contributed by atoms with Crippen LogP contribution in [0.3, 0.4) is 0 Å². The summed E-state index contributed by atoms with van der Waals surface area (Å²) in [4.78, 5) is 2.54. The molecule has 4 heteroatoms. The Hall–Kier alpha value is -0.160. The first-order valence-electron chi connectivity index (χ1n) is 6.23. The number of halogens is 2. The molecule has 0 saturated carbocycles. The van der Waals surface area contributed by atoms with Crippen LogP contribution in [0.2, 0.25) is 0 Å². The zero-order valence-electron chi connectivity index (χ0n) is 10.3. The minimum absolute atomic E-state index is 0.439. The van der Waals surface area contributed by atoms with Crippen LogP contribution in [-0.2, 0) is 0 Å². The Labute approximate surface area is 126 Å². The zero-order valence-corrected chi connectivity index (χ0v) is 13.5. The maximum Gasteiger partial charge on any atom is 0.0383 e. The van der Waals surface area contributed by atoms with Gasteiger partial charge in [0.1, 0.15) is 0 Å². The standard InChI is InChI=1S/C14H18Br2N2/c1-2-3-14(18-8-6-17-7-9-18)11-4-5-12(15)13(16)10-11/h2,4-5,10,14,17H,1,3,6-9H2/t14-/m1/s1. The molecule has 0 spiro atoms. The van der Waals surface area contributed by atoms with Crippen LogP contribution < -0.4 is 5.32 Å². The number of nitrogens with zero attached hydrogens (tertiary/aromatic N) is 1. The fourth-order valence-corrected chi connectivity index (χ4v) is 3.01. The number of rotatable bonds is 4. The summed E-state index contributed by atoms with van der Waals surface area (Å²) >= 11 is 7.11. The lowest BCUT2D eigenvalue weighted by atomic mass is 10.0. The Balaban J connectivity index is 2.22. The number of piperazine rings is 1. The molecule has 2 rings (SSSR count). The van der Waals surface area contributed by atoms with Gasteiger partial charge in [0.2, 0.25) is 0 Å². The highest BCUT2D eigenvalue weighted by molar-refractivity contribution is 9.13. The molecule has 1 atom stereocenters. The van der Waals surface area contributed by atoms with Gasteiger partial charge in [-0.05, 0) is 56.0 Å². The smallest absolute Gasteiger partial charge is 0.0383 e. The second-order valence-electron chi connectivity index (χ2n) is 4.50. The molecule has 18 heavy (non-hydrogen) atoms. The molecule has 1 N–H and O–H groups in total. The van der Waals surface area contributed by atoms with Crippen molar-refractivity contribution in [2.75, 3.05) is 26.2 Å². The Kier molecular flexibility index (Phi) is 5.42. The summed E-state index contributed by atoms with van der Waals surface area (Å²) in [5.41, 5.74) is 1.35. The van der Waals surface area contributed by atoms with Crippen LogP contribution in [0, 0.1) is 0 Å². The third kappa shape index (κ3) is 3.44. The molecular weight excluding hydrogens is 356 g/mol. The lowest BCUT2D eigenvalue weighted by Gasteiger charge is -2.35. The molecule has 1 saturated heterocycles. The maximum atomic E-state index is 3.90. The quantitative estimate of drug-likeness (QED) is 0.809. The molecule has 1 fully saturated rings. The highest BCUT2D eigenvalue weighted by Gasteiger charge is 2.21. The van der Waals surface area contributed by atoms with Crippen LogP contribution >= 0.6 is 31.9 Å². The van der Waals surface area contributed by atoms with Gasteiger partial charge in [-0.25, -0.2) is 0 Å². The molecule has 0 amide bonds. The molecule has 1 heterocycles. The van der Waals surface area contributed by atoms with Crippen LogP contribution in [0.25, 0.3) is 0 Å². The van der Waals surface area contributed by atoms with Crippen molar-refractivity contribution in [2.45, 2.75) is 12.5 Å². The molecule has 0 aromatic heterocycles. The molecule has 2 nitrogen and oxygen atoms in total. The third-order valence-corrected chi connectivity index (χ3v) is 5.19. The largest absolute Gasteiger partial charge is 0.314 e. The van der Waals surface area contributed by atoms with Crippen LogP contribution in [0.1, 0.15) is 18.0 Å². The first-order chi connectivity index (χ1) is 8.72. The third-order valence-electron chi connectivity index (χ3n) is 3.31. The van der Waals surface area contributed by atoms with Gasteiger partial charge in [0.15, 0.2) is 0 Å². The lowest BCUT2D eigenvalue weighted by Crippen LogP contribution is -2.45. The van der Waals surface area contributed by atoms with E-state index in [2.05, 4.69) is 66.9 Å². The molecule has 1 aliphatic heterocycles. The van der Waals surface area contributed by atoms with Gasteiger partial charge in [-0.3, -0.25) is 4.90 Å². The highest BCUT2D eigenvalue weighted by atomic mass is 79.9. The van der Waals surface area contributed by atoms with Gasteiger partial charge in [-0.1, -0.05) is 12.1 Å². The van der Waals surface area contributed by atoms with Crippen molar-refractivity contribution in [3.8, 4) is 0 Å². The van der Waals surface area contributed by atoms with Gasteiger partial charge in [-0.15, -0.1) is 6.58 Å². The number of benzene rings is 1. The van der Waals surface area contributed by atoms with E-state index in [1.807, 2.05) is 6.08 Å². The summed E-state index contributed by atoms with van der Waals surface area (Å²) in [6.45, 7) is 8.25. The second kappa shape index (κ2) is 6.85. The van der Waals surface area contributed by atoms with E-state index in [1.54, 1.807) is 0 Å². The van der Waals surface area contributed by atoms with E-state index in [9.17, 15) is 0 Å². The number of hydrogen-bond donors (Lipinski definition) is 1. The van der Waals surface area contributed by atoms with Gasteiger partial charge in [0, 0.05) is 41.2 Å². The van der Waals surface area contributed by atoms with Crippen molar-refractivity contribution in [1.82, 2.24) is 10.2 Å². The SMILES string of the molecule is C=CC[C@H](c1ccc(Br)c(Br)c1)N1CCNCC1. The zero-order chi connectivity index (χ0) is 13.0. The molecule has 0 aliphatic carbocycles. The summed E-state index contributed by atoms with van der Waals surface area (Å²) in [6.07, 6.45) is 3.01. The van der Waals surface area contributed by atoms with Crippen molar-refractivity contribution in [3.05, 3.63) is 45.4 Å². The summed E-state index contributed by atoms with van der Waals surface area (Å²) < 4.78 is 2.22. The fourth-order valence-electron chi connectivity index (χ4n) is 2.37. The Morgan fingerprint density at radius 2 is 2.00 bits per heavy atom. The summed E-state index contributed by atoms with van der Waals surface area (Å²) in [5.74, 6) is 0. The first-order valence-corrected chi connectivity index (χ1v) is 7.81. The molecule has 0 bridgehead atoms. The molecule has 1 aromatic rings. The van der Waals surface area contributed by atoms with E-state index in [4.69, 9.17) is 0 Å². The summed E-state index contributed by atoms with van der Waals surface area (Å²) in [7, 11) is 0. The molecule has 0 radical (unpaired) electrons. The molecular formula is C14H18Br2N2. The summed E-state index contributed by atoms with van der Waals surface area (Å²) in [6, 6.07) is 6.96. The van der Waals surface area contributed by atoms with Crippen molar-refractivity contribution in [1.29, 1.82) is 0 Å². The van der Waals surface area contributed by atoms with Crippen molar-refractivity contribution in [2.24, 2.45) is 0 Å². The fraction of sp³-hybridized carbons (Fsp3) is 0.429. The molecule has 1 aromatic carbocycles. The minimum Gasteiger partial charge on any atom is -0.314 e. The van der Waals surface area contributed by atoms with Crippen LogP contribution in [0.5, 0.6) is 0 Å². The normalized spacial score (nSPS) is 18.6. The van der Waals surface area contributed by atoms with E-state index in [0.29, 0.717) is 6.04 Å². The monoisotopic (exact) mass is 372 g/mol. The average molecular weight is 374 g/mol. The lowest BCUT2D eigenvalue weighted by molar-refractivity contribution is 0.174. The predicted molar refractivity (Wildman–Crippen MR) is 83.8 cm³/mol. The van der Waals surface area contributed by atoms with E-state index >= 15 is 0 Å². The molecule has 1 aliphatic rings. The minimum atomic E-state index is 0.439. The van der Waals surface area contributed by atoms with E-state index in [1.165, 1.54) is 5.56 Å². The predicted octanol–water partition coefficient (Wildman–Crippen LogP) is 3.73. The Morgan fingerprint density at radius 1 is 1.28 bits per heavy atom. The second-order valence-corrected chi connectivity index (χ2v) is 6.21. The van der Waals surface area contributed by atoms with E-state index in [0.717, 1.165) is 41.5 Å². The number of nitrogens with one attached hydrogen (secondary N) is 1. The Bertz CT molecular complexity index is 414. The topological polar surface area (TPSA) is 15.3 Å².